The van der Waals surface area contributed by atoms with Gasteiger partial charge in [0.1, 0.15) is 5.76 Å². The zero-order valence-corrected chi connectivity index (χ0v) is 5.07. The van der Waals surface area contributed by atoms with Gasteiger partial charge in [-0.2, -0.15) is 0 Å². The lowest BCUT2D eigenvalue weighted by atomic mass is 10.2. The molecule has 2 aliphatic rings. The van der Waals surface area contributed by atoms with Gasteiger partial charge >= 0.3 is 0 Å². The van der Waals surface area contributed by atoms with E-state index in [-0.39, 0.29) is 29.1 Å². The van der Waals surface area contributed by atoms with Crippen LogP contribution in [-0.4, -0.2) is 10.9 Å². The van der Waals surface area contributed by atoms with Crippen LogP contribution < -0.4 is 0 Å². The Morgan fingerprint density at radius 3 is 2.50 bits per heavy atom. The van der Waals surface area contributed by atoms with Crippen LogP contribution in [0.3, 0.4) is 0 Å². The van der Waals surface area contributed by atoms with Crippen LogP contribution in [0.1, 0.15) is 6.42 Å². The average Bonchev–Trinajstić information content (AvgIpc) is 2.62. The number of Topliss-reactive ketones (excluding diaryl/α,β-unsaturated/α-hetero) is 1. The van der Waals surface area contributed by atoms with E-state index in [2.05, 4.69) is 5.18 Å². The summed E-state index contributed by atoms with van der Waals surface area (Å²) >= 11 is 0. The zero-order valence-electron chi connectivity index (χ0n) is 5.07. The standard InChI is InChI=1S/C6H5NO3/c8-5-2-1-3(2)6(9)4(5)7-10/h2-3,8H,1H2. The summed E-state index contributed by atoms with van der Waals surface area (Å²) in [6, 6.07) is 0. The molecule has 2 atom stereocenters. The molecule has 10 heavy (non-hydrogen) atoms. The van der Waals surface area contributed by atoms with E-state index in [1.54, 1.807) is 0 Å². The molecule has 0 saturated heterocycles. The molecular weight excluding hydrogens is 134 g/mol. The third-order valence-corrected chi connectivity index (χ3v) is 2.05. The quantitative estimate of drug-likeness (QED) is 0.545. The van der Waals surface area contributed by atoms with E-state index in [0.29, 0.717) is 6.42 Å². The molecule has 4 nitrogen and oxygen atoms in total. The lowest BCUT2D eigenvalue weighted by Crippen LogP contribution is -1.98. The van der Waals surface area contributed by atoms with Crippen LogP contribution in [0, 0.1) is 16.7 Å². The van der Waals surface area contributed by atoms with E-state index >= 15 is 0 Å². The second-order valence-corrected chi connectivity index (χ2v) is 2.64. The summed E-state index contributed by atoms with van der Waals surface area (Å²) in [5, 5.41) is 11.5. The SMILES string of the molecule is O=NC1=C(O)C2CC2C1=O. The number of hydrogen-bond donors (Lipinski definition) is 1. The number of fused-ring (bicyclic) bond motifs is 1. The van der Waals surface area contributed by atoms with E-state index < -0.39 is 0 Å². The normalized spacial score (nSPS) is 36.2. The molecule has 1 fully saturated rings. The molecule has 0 amide bonds. The van der Waals surface area contributed by atoms with Crippen LogP contribution >= 0.6 is 0 Å². The minimum Gasteiger partial charge on any atom is -0.509 e. The van der Waals surface area contributed by atoms with E-state index in [9.17, 15) is 9.70 Å². The lowest BCUT2D eigenvalue weighted by Gasteiger charge is -1.90. The van der Waals surface area contributed by atoms with Crippen molar-refractivity contribution < 1.29 is 9.90 Å². The van der Waals surface area contributed by atoms with Gasteiger partial charge in [-0.25, -0.2) is 0 Å². The molecular formula is C6H5NO3. The monoisotopic (exact) mass is 139 g/mol. The van der Waals surface area contributed by atoms with Gasteiger partial charge in [0, 0.05) is 11.8 Å². The fourth-order valence-corrected chi connectivity index (χ4v) is 1.36. The highest BCUT2D eigenvalue weighted by Gasteiger charge is 2.54. The maximum absolute atomic E-state index is 10.9. The van der Waals surface area contributed by atoms with Crippen molar-refractivity contribution in [2.45, 2.75) is 6.42 Å². The third kappa shape index (κ3) is 0.442. The Kier molecular flexibility index (Phi) is 0.809. The van der Waals surface area contributed by atoms with Crippen LogP contribution in [0.25, 0.3) is 0 Å². The van der Waals surface area contributed by atoms with E-state index in [4.69, 9.17) is 5.11 Å². The molecule has 2 unspecified atom stereocenters. The minimum absolute atomic E-state index is 0.0693. The number of aliphatic hydroxyl groups is 1. The molecule has 0 aliphatic heterocycles. The summed E-state index contributed by atoms with van der Waals surface area (Å²) in [5.41, 5.74) is -0.249. The van der Waals surface area contributed by atoms with Crippen molar-refractivity contribution in [1.29, 1.82) is 0 Å². The summed E-state index contributed by atoms with van der Waals surface area (Å²) < 4.78 is 0. The smallest absolute Gasteiger partial charge is 0.192 e. The van der Waals surface area contributed by atoms with Crippen molar-refractivity contribution in [3.63, 3.8) is 0 Å². The Morgan fingerprint density at radius 2 is 2.20 bits per heavy atom. The van der Waals surface area contributed by atoms with Gasteiger partial charge in [0.2, 0.25) is 0 Å². The first-order valence-corrected chi connectivity index (χ1v) is 3.06. The Balaban J connectivity index is 2.44. The summed E-state index contributed by atoms with van der Waals surface area (Å²) in [7, 11) is 0. The Morgan fingerprint density at radius 1 is 1.50 bits per heavy atom. The van der Waals surface area contributed by atoms with Crippen molar-refractivity contribution in [1.82, 2.24) is 0 Å². The first-order valence-electron chi connectivity index (χ1n) is 3.06. The molecule has 4 heteroatoms. The summed E-state index contributed by atoms with van der Waals surface area (Å²) in [6.07, 6.45) is 0.698. The molecule has 0 heterocycles. The summed E-state index contributed by atoms with van der Waals surface area (Å²) in [6.45, 7) is 0. The predicted octanol–water partition coefficient (Wildman–Crippen LogP) is 0.741. The molecule has 0 spiro atoms. The number of nitrogens with zero attached hydrogens (tertiary/aromatic N) is 1. The van der Waals surface area contributed by atoms with Gasteiger partial charge in [-0.15, -0.1) is 4.91 Å². The van der Waals surface area contributed by atoms with Gasteiger partial charge in [0.05, 0.1) is 0 Å². The van der Waals surface area contributed by atoms with Gasteiger partial charge < -0.3 is 5.11 Å². The average molecular weight is 139 g/mol. The number of aliphatic hydroxyl groups excluding tert-OH is 1. The third-order valence-electron chi connectivity index (χ3n) is 2.05. The van der Waals surface area contributed by atoms with Gasteiger partial charge in [0.15, 0.2) is 11.5 Å². The Bertz CT molecular complexity index is 256. The molecule has 2 rings (SSSR count). The highest BCUT2D eigenvalue weighted by atomic mass is 16.3. The van der Waals surface area contributed by atoms with Gasteiger partial charge in [-0.3, -0.25) is 4.79 Å². The number of rotatable bonds is 1. The maximum Gasteiger partial charge on any atom is 0.192 e. The Labute approximate surface area is 56.5 Å². The molecule has 1 N–H and O–H groups in total. The zero-order chi connectivity index (χ0) is 7.30. The molecule has 1 saturated carbocycles. The van der Waals surface area contributed by atoms with Crippen molar-refractivity contribution in [2.75, 3.05) is 0 Å². The van der Waals surface area contributed by atoms with Gasteiger partial charge in [-0.05, 0) is 11.6 Å². The van der Waals surface area contributed by atoms with Crippen molar-refractivity contribution in [3.8, 4) is 0 Å². The Hall–Kier alpha value is -1.19. The molecule has 0 aromatic heterocycles. The van der Waals surface area contributed by atoms with Crippen molar-refractivity contribution in [2.24, 2.45) is 17.0 Å². The molecule has 0 bridgehead atoms. The summed E-state index contributed by atoms with van der Waals surface area (Å²) in [4.78, 5) is 20.8. The fourth-order valence-electron chi connectivity index (χ4n) is 1.36. The molecule has 52 valence electrons. The van der Waals surface area contributed by atoms with Crippen LogP contribution in [0.2, 0.25) is 0 Å². The highest BCUT2D eigenvalue weighted by molar-refractivity contribution is 6.02. The van der Waals surface area contributed by atoms with Crippen LogP contribution in [0.5, 0.6) is 0 Å². The second-order valence-electron chi connectivity index (χ2n) is 2.64. The second kappa shape index (κ2) is 1.45. The first-order chi connectivity index (χ1) is 4.75. The first kappa shape index (κ1) is 5.58. The van der Waals surface area contributed by atoms with E-state index in [1.807, 2.05) is 0 Å². The van der Waals surface area contributed by atoms with Crippen molar-refractivity contribution >= 4 is 5.78 Å². The van der Waals surface area contributed by atoms with E-state index in [0.717, 1.165) is 0 Å². The highest BCUT2D eigenvalue weighted by Crippen LogP contribution is 2.51. The number of carbonyl (C=O) groups is 1. The number of nitroso groups, excluding NO2 is 1. The molecule has 0 aromatic carbocycles. The molecule has 0 radical (unpaired) electrons. The lowest BCUT2D eigenvalue weighted by molar-refractivity contribution is -0.116. The topological polar surface area (TPSA) is 66.7 Å². The summed E-state index contributed by atoms with van der Waals surface area (Å²) in [5.74, 6) is -0.560. The maximum atomic E-state index is 10.9. The van der Waals surface area contributed by atoms with E-state index in [1.165, 1.54) is 0 Å². The molecule has 2 aliphatic carbocycles. The fraction of sp³-hybridized carbons (Fsp3) is 0.500. The van der Waals surface area contributed by atoms with Crippen LogP contribution in [-0.2, 0) is 4.79 Å². The predicted molar refractivity (Wildman–Crippen MR) is 32.1 cm³/mol. The minimum atomic E-state index is -0.280. The van der Waals surface area contributed by atoms with Crippen molar-refractivity contribution in [3.05, 3.63) is 16.4 Å². The number of allylic oxidation sites excluding steroid dienone is 2. The van der Waals surface area contributed by atoms with Crippen LogP contribution in [0.15, 0.2) is 16.6 Å². The van der Waals surface area contributed by atoms with Gasteiger partial charge in [-0.1, -0.05) is 0 Å². The number of carbonyl (C=O) groups excluding carboxylic acids is 1. The van der Waals surface area contributed by atoms with Crippen LogP contribution in [0.4, 0.5) is 0 Å². The largest absolute Gasteiger partial charge is 0.509 e. The number of ketones is 1. The molecule has 0 aromatic rings. The van der Waals surface area contributed by atoms with Gasteiger partial charge in [0.25, 0.3) is 0 Å². The number of hydrogen-bond acceptors (Lipinski definition) is 4.